The first-order chi connectivity index (χ1) is 15.7. The average Bonchev–Trinajstić information content (AvgIpc) is 2.71. The second-order valence-corrected chi connectivity index (χ2v) is 11.5. The highest BCUT2D eigenvalue weighted by molar-refractivity contribution is 7.91. The van der Waals surface area contributed by atoms with Crippen LogP contribution in [0.25, 0.3) is 0 Å². The first-order valence-corrected chi connectivity index (χ1v) is 12.6. The second-order valence-electron chi connectivity index (χ2n) is 9.42. The van der Waals surface area contributed by atoms with Gasteiger partial charge >= 0.3 is 12.1 Å². The lowest BCUT2D eigenvalue weighted by Gasteiger charge is -2.28. The van der Waals surface area contributed by atoms with Gasteiger partial charge in [0.25, 0.3) is 0 Å². The van der Waals surface area contributed by atoms with Gasteiger partial charge in [-0.1, -0.05) is 29.8 Å². The van der Waals surface area contributed by atoms with Crippen molar-refractivity contribution in [3.8, 4) is 5.75 Å². The van der Waals surface area contributed by atoms with Gasteiger partial charge < -0.3 is 19.9 Å². The fourth-order valence-electron chi connectivity index (χ4n) is 3.12. The lowest BCUT2D eigenvalue weighted by atomic mass is 9.93. The molecule has 2 rings (SSSR count). The van der Waals surface area contributed by atoms with Crippen molar-refractivity contribution < 1.29 is 32.6 Å². The monoisotopic (exact) mass is 491 g/mol. The number of carboxylic acid groups (broad SMARTS) is 1. The topological polar surface area (TPSA) is 119 Å². The number of sulfone groups is 1. The first kappa shape index (κ1) is 27.2. The van der Waals surface area contributed by atoms with E-state index in [1.54, 1.807) is 69.3 Å². The van der Waals surface area contributed by atoms with Crippen molar-refractivity contribution in [1.29, 1.82) is 0 Å². The van der Waals surface area contributed by atoms with Crippen molar-refractivity contribution in [1.82, 2.24) is 5.32 Å². The Morgan fingerprint density at radius 2 is 1.56 bits per heavy atom. The van der Waals surface area contributed by atoms with Crippen LogP contribution < -0.4 is 10.1 Å². The van der Waals surface area contributed by atoms with Crippen LogP contribution in [0, 0.1) is 6.92 Å². The molecule has 2 aromatic rings. The summed E-state index contributed by atoms with van der Waals surface area (Å²) in [6.07, 6.45) is -0.441. The molecule has 1 unspecified atom stereocenters. The Labute approximate surface area is 201 Å². The molecule has 8 nitrogen and oxygen atoms in total. The minimum atomic E-state index is -3.37. The van der Waals surface area contributed by atoms with Crippen LogP contribution in [0.5, 0.6) is 5.75 Å². The Kier molecular flexibility index (Phi) is 8.72. The number of nitrogens with one attached hydrogen (secondary N) is 1. The zero-order valence-electron chi connectivity index (χ0n) is 20.3. The van der Waals surface area contributed by atoms with Crippen LogP contribution in [-0.4, -0.2) is 49.1 Å². The molecular formula is C25H33NO7S. The summed E-state index contributed by atoms with van der Waals surface area (Å²) in [5.74, 6) is -0.677. The fourth-order valence-corrected chi connectivity index (χ4v) is 4.40. The first-order valence-electron chi connectivity index (χ1n) is 11.0. The maximum Gasteiger partial charge on any atom is 0.408 e. The van der Waals surface area contributed by atoms with Crippen LogP contribution in [0.3, 0.4) is 0 Å². The van der Waals surface area contributed by atoms with Gasteiger partial charge in [0.1, 0.15) is 16.9 Å². The summed E-state index contributed by atoms with van der Waals surface area (Å²) in [6, 6.07) is 13.5. The molecule has 0 radical (unpaired) electrons. The Morgan fingerprint density at radius 1 is 0.971 bits per heavy atom. The van der Waals surface area contributed by atoms with Gasteiger partial charge in [-0.2, -0.15) is 0 Å². The molecule has 2 N–H and O–H groups in total. The number of carboxylic acids is 1. The summed E-state index contributed by atoms with van der Waals surface area (Å²) in [6.45, 7) is 8.62. The van der Waals surface area contributed by atoms with Crippen LogP contribution in [0.4, 0.5) is 4.79 Å². The van der Waals surface area contributed by atoms with E-state index in [0.29, 0.717) is 22.6 Å². The van der Waals surface area contributed by atoms with E-state index in [-0.39, 0.29) is 18.8 Å². The highest BCUT2D eigenvalue weighted by Gasteiger charge is 2.36. The minimum absolute atomic E-state index is 0.0263. The number of carbonyl (C=O) groups excluding carboxylic acids is 1. The number of hydrogen-bond donors (Lipinski definition) is 2. The van der Waals surface area contributed by atoms with Crippen molar-refractivity contribution in [3.63, 3.8) is 0 Å². The van der Waals surface area contributed by atoms with Gasteiger partial charge in [0.05, 0.1) is 17.3 Å². The molecule has 34 heavy (non-hydrogen) atoms. The molecule has 0 fully saturated rings. The van der Waals surface area contributed by atoms with E-state index in [1.807, 2.05) is 6.92 Å². The number of aliphatic carboxylic acids is 1. The van der Waals surface area contributed by atoms with Gasteiger partial charge in [-0.3, -0.25) is 0 Å². The van der Waals surface area contributed by atoms with E-state index in [0.717, 1.165) is 5.56 Å². The van der Waals surface area contributed by atoms with E-state index in [9.17, 15) is 23.1 Å². The summed E-state index contributed by atoms with van der Waals surface area (Å²) in [5, 5.41) is 12.1. The van der Waals surface area contributed by atoms with Gasteiger partial charge in [0, 0.05) is 6.42 Å². The maximum absolute atomic E-state index is 12.4. The molecule has 186 valence electrons. The van der Waals surface area contributed by atoms with Crippen molar-refractivity contribution in [2.45, 2.75) is 63.5 Å². The van der Waals surface area contributed by atoms with Gasteiger partial charge in [-0.25, -0.2) is 18.0 Å². The lowest BCUT2D eigenvalue weighted by Crippen LogP contribution is -2.54. The zero-order chi connectivity index (χ0) is 25.6. The number of ether oxygens (including phenoxy) is 2. The fraction of sp³-hybridized carbons (Fsp3) is 0.440. The highest BCUT2D eigenvalue weighted by Crippen LogP contribution is 2.20. The number of carbonyl (C=O) groups is 2. The molecule has 2 aromatic carbocycles. The maximum atomic E-state index is 12.4. The Hall–Kier alpha value is -3.07. The Morgan fingerprint density at radius 3 is 2.09 bits per heavy atom. The van der Waals surface area contributed by atoms with Gasteiger partial charge in [0.2, 0.25) is 0 Å². The summed E-state index contributed by atoms with van der Waals surface area (Å²) in [4.78, 5) is 24.2. The molecule has 0 bridgehead atoms. The van der Waals surface area contributed by atoms with E-state index in [4.69, 9.17) is 9.47 Å². The molecule has 1 atom stereocenters. The normalized spacial score (nSPS) is 13.6. The standard InChI is InChI=1S/C25H33NO7S/c1-18-7-13-21(14-8-18)34(30,31)16-6-15-32-20-11-9-19(10-12-20)17-25(5,22(27)28)26-23(29)33-24(2,3)4/h7-14H,6,15-17H2,1-5H3,(H,26,29)(H,27,28). The van der Waals surface area contributed by atoms with Crippen LogP contribution in [0.2, 0.25) is 0 Å². The number of alkyl carbamates (subject to hydrolysis) is 1. The van der Waals surface area contributed by atoms with Crippen LogP contribution >= 0.6 is 0 Å². The van der Waals surface area contributed by atoms with E-state index >= 15 is 0 Å². The quantitative estimate of drug-likeness (QED) is 0.479. The third kappa shape index (κ3) is 8.37. The van der Waals surface area contributed by atoms with Crippen molar-refractivity contribution in [3.05, 3.63) is 59.7 Å². The zero-order valence-corrected chi connectivity index (χ0v) is 21.1. The molecular weight excluding hydrogens is 458 g/mol. The van der Waals surface area contributed by atoms with Gasteiger partial charge in [0.15, 0.2) is 9.84 Å². The third-order valence-corrected chi connectivity index (χ3v) is 6.75. The van der Waals surface area contributed by atoms with Crippen molar-refractivity contribution in [2.75, 3.05) is 12.4 Å². The summed E-state index contributed by atoms with van der Waals surface area (Å²) in [5.41, 5.74) is -0.637. The van der Waals surface area contributed by atoms with Crippen molar-refractivity contribution >= 4 is 21.9 Å². The molecule has 9 heteroatoms. The van der Waals surface area contributed by atoms with Crippen molar-refractivity contribution in [2.24, 2.45) is 0 Å². The van der Waals surface area contributed by atoms with Crippen LogP contribution in [0.15, 0.2) is 53.4 Å². The SMILES string of the molecule is Cc1ccc(S(=O)(=O)CCCOc2ccc(CC(C)(NC(=O)OC(C)(C)C)C(=O)O)cc2)cc1. The number of aryl methyl sites for hydroxylation is 1. The van der Waals surface area contributed by atoms with E-state index < -0.39 is 33.0 Å². The van der Waals surface area contributed by atoms with Crippen LogP contribution in [0.1, 0.15) is 45.2 Å². The molecule has 0 aliphatic carbocycles. The van der Waals surface area contributed by atoms with E-state index in [2.05, 4.69) is 5.32 Å². The molecule has 0 saturated heterocycles. The van der Waals surface area contributed by atoms with Gasteiger partial charge in [-0.15, -0.1) is 0 Å². The molecule has 0 spiro atoms. The summed E-state index contributed by atoms with van der Waals surface area (Å²) < 4.78 is 35.6. The molecule has 0 aromatic heterocycles. The molecule has 0 aliphatic heterocycles. The number of rotatable bonds is 10. The molecule has 1 amide bonds. The number of hydrogen-bond acceptors (Lipinski definition) is 6. The number of benzene rings is 2. The largest absolute Gasteiger partial charge is 0.494 e. The lowest BCUT2D eigenvalue weighted by molar-refractivity contribution is -0.144. The molecule has 0 aliphatic rings. The predicted octanol–water partition coefficient (Wildman–Crippen LogP) is 4.15. The molecule has 0 saturated carbocycles. The Bertz CT molecular complexity index is 1090. The summed E-state index contributed by atoms with van der Waals surface area (Å²) >= 11 is 0. The second kappa shape index (κ2) is 10.9. The Balaban J connectivity index is 1.90. The smallest absolute Gasteiger partial charge is 0.408 e. The minimum Gasteiger partial charge on any atom is -0.494 e. The number of amides is 1. The molecule has 0 heterocycles. The average molecular weight is 492 g/mol. The van der Waals surface area contributed by atoms with E-state index in [1.165, 1.54) is 6.92 Å². The predicted molar refractivity (Wildman–Crippen MR) is 129 cm³/mol. The summed E-state index contributed by atoms with van der Waals surface area (Å²) in [7, 11) is -3.37. The third-order valence-electron chi connectivity index (χ3n) is 4.94. The van der Waals surface area contributed by atoms with Crippen LogP contribution in [-0.2, 0) is 25.8 Å². The van der Waals surface area contributed by atoms with Gasteiger partial charge in [-0.05, 0) is 70.9 Å². The highest BCUT2D eigenvalue weighted by atomic mass is 32.2.